The normalized spacial score (nSPS) is 14.9. The maximum absolute atomic E-state index is 12.7. The molecule has 1 saturated heterocycles. The molecule has 0 radical (unpaired) electrons. The molecule has 2 heterocycles. The van der Waals surface area contributed by atoms with Crippen molar-refractivity contribution >= 4 is 86.0 Å². The number of piperidine rings is 1. The Hall–Kier alpha value is -3.11. The average Bonchev–Trinajstić information content (AvgIpc) is 3.38. The van der Waals surface area contributed by atoms with Crippen LogP contribution in [0.4, 0.5) is 0 Å². The fourth-order valence-corrected chi connectivity index (χ4v) is 5.91. The number of hydrogen-bond donors (Lipinski definition) is 3. The number of likely N-dealkylation sites (tertiary alicyclic amines) is 1. The zero-order valence-corrected chi connectivity index (χ0v) is 23.5. The molecule has 3 amide bonds. The molecule has 4 rings (SSSR count). The summed E-state index contributed by atoms with van der Waals surface area (Å²) in [5.74, 6) is -2.72. The Bertz CT molecular complexity index is 1450. The molecule has 1 aliphatic rings. The summed E-state index contributed by atoms with van der Waals surface area (Å²) in [6, 6.07) is 8.40. The van der Waals surface area contributed by atoms with Gasteiger partial charge in [0.25, 0.3) is 5.91 Å². The summed E-state index contributed by atoms with van der Waals surface area (Å²) in [6.45, 7) is 0.829. The molecular formula is C27H24Cl3N3O5S. The number of carbonyl (C=O) groups excluding carboxylic acids is 3. The van der Waals surface area contributed by atoms with Crippen molar-refractivity contribution < 1.29 is 24.3 Å². The molecule has 0 spiro atoms. The maximum Gasteiger partial charge on any atom is 0.326 e. The van der Waals surface area contributed by atoms with Gasteiger partial charge in [0, 0.05) is 25.2 Å². The topological polar surface area (TPSA) is 116 Å². The number of carbonyl (C=O) groups is 4. The van der Waals surface area contributed by atoms with Gasteiger partial charge in [0.2, 0.25) is 11.8 Å². The molecule has 0 aliphatic carbocycles. The molecule has 12 heteroatoms. The van der Waals surface area contributed by atoms with Crippen LogP contribution in [-0.2, 0) is 14.4 Å². The van der Waals surface area contributed by atoms with E-state index in [0.29, 0.717) is 41.5 Å². The molecule has 204 valence electrons. The van der Waals surface area contributed by atoms with E-state index in [1.165, 1.54) is 29.5 Å². The number of benzene rings is 2. The van der Waals surface area contributed by atoms with Gasteiger partial charge in [-0.1, -0.05) is 46.9 Å². The Kier molecular flexibility index (Phi) is 9.50. The van der Waals surface area contributed by atoms with E-state index in [-0.39, 0.29) is 22.5 Å². The molecule has 1 unspecified atom stereocenters. The molecular weight excluding hydrogens is 585 g/mol. The molecule has 0 saturated carbocycles. The van der Waals surface area contributed by atoms with Crippen LogP contribution in [0, 0.1) is 0 Å². The van der Waals surface area contributed by atoms with E-state index in [4.69, 9.17) is 34.8 Å². The van der Waals surface area contributed by atoms with Gasteiger partial charge in [0.05, 0.1) is 31.8 Å². The Morgan fingerprint density at radius 2 is 1.79 bits per heavy atom. The first-order chi connectivity index (χ1) is 18.6. The fourth-order valence-electron chi connectivity index (χ4n) is 4.25. The fraction of sp³-hybridized carbons (Fsp3) is 0.259. The van der Waals surface area contributed by atoms with Crippen LogP contribution in [0.3, 0.4) is 0 Å². The van der Waals surface area contributed by atoms with Crippen molar-refractivity contribution in [2.45, 2.75) is 31.3 Å². The predicted octanol–water partition coefficient (Wildman–Crippen LogP) is 5.26. The lowest BCUT2D eigenvalue weighted by atomic mass is 10.0. The molecule has 2 aromatic carbocycles. The van der Waals surface area contributed by atoms with Gasteiger partial charge >= 0.3 is 5.97 Å². The number of fused-ring (bicyclic) bond motifs is 1. The van der Waals surface area contributed by atoms with Gasteiger partial charge in [-0.2, -0.15) is 0 Å². The number of thiophene rings is 1. The van der Waals surface area contributed by atoms with Crippen LogP contribution in [0.1, 0.15) is 35.2 Å². The smallest absolute Gasteiger partial charge is 0.326 e. The van der Waals surface area contributed by atoms with Crippen LogP contribution in [0.25, 0.3) is 16.2 Å². The van der Waals surface area contributed by atoms with Crippen LogP contribution in [0.2, 0.25) is 15.1 Å². The van der Waals surface area contributed by atoms with Crippen molar-refractivity contribution in [3.63, 3.8) is 0 Å². The van der Waals surface area contributed by atoms with E-state index in [0.717, 1.165) is 10.1 Å². The first-order valence-corrected chi connectivity index (χ1v) is 14.0. The Labute approximate surface area is 243 Å². The second kappa shape index (κ2) is 12.8. The summed E-state index contributed by atoms with van der Waals surface area (Å²) in [4.78, 5) is 51.0. The molecule has 0 bridgehead atoms. The Balaban J connectivity index is 1.27. The van der Waals surface area contributed by atoms with Crippen molar-refractivity contribution in [2.75, 3.05) is 13.1 Å². The molecule has 1 aliphatic heterocycles. The second-order valence-electron chi connectivity index (χ2n) is 8.98. The van der Waals surface area contributed by atoms with Crippen LogP contribution < -0.4 is 10.6 Å². The lowest BCUT2D eigenvalue weighted by molar-refractivity contribution is -0.141. The number of amides is 3. The van der Waals surface area contributed by atoms with Crippen LogP contribution in [0.15, 0.2) is 47.9 Å². The van der Waals surface area contributed by atoms with Gasteiger partial charge < -0.3 is 20.6 Å². The molecule has 8 nitrogen and oxygen atoms in total. The van der Waals surface area contributed by atoms with Crippen molar-refractivity contribution in [3.05, 3.63) is 74.0 Å². The average molecular weight is 609 g/mol. The summed E-state index contributed by atoms with van der Waals surface area (Å²) in [6.07, 6.45) is 3.66. The maximum atomic E-state index is 12.7. The number of hydrogen-bond acceptors (Lipinski definition) is 5. The third kappa shape index (κ3) is 7.10. The second-order valence-corrected chi connectivity index (χ2v) is 11.1. The van der Waals surface area contributed by atoms with E-state index in [9.17, 15) is 24.3 Å². The number of aliphatic carboxylic acids is 1. The SMILES string of the molecule is O=C(CC(NC(=O)c1ccccc1Cl)C(=O)O)NC1CCN(C(=O)C=Cc2cc3ccsc3c(Cl)c2Cl)CC1. The van der Waals surface area contributed by atoms with Gasteiger partial charge in [-0.3, -0.25) is 14.4 Å². The summed E-state index contributed by atoms with van der Waals surface area (Å²) >= 11 is 20.2. The minimum atomic E-state index is -1.42. The van der Waals surface area contributed by atoms with Crippen LogP contribution in [-0.4, -0.2) is 58.9 Å². The van der Waals surface area contributed by atoms with E-state index in [1.54, 1.807) is 23.1 Å². The van der Waals surface area contributed by atoms with E-state index < -0.39 is 30.2 Å². The number of carboxylic acid groups (broad SMARTS) is 1. The number of nitrogens with one attached hydrogen (secondary N) is 2. The van der Waals surface area contributed by atoms with Crippen molar-refractivity contribution in [1.29, 1.82) is 0 Å². The van der Waals surface area contributed by atoms with Crippen molar-refractivity contribution in [2.24, 2.45) is 0 Å². The minimum absolute atomic E-state index is 0.120. The van der Waals surface area contributed by atoms with E-state index in [1.807, 2.05) is 17.5 Å². The Morgan fingerprint density at radius 1 is 1.08 bits per heavy atom. The lowest BCUT2D eigenvalue weighted by Crippen LogP contribution is -2.49. The molecule has 1 fully saturated rings. The third-order valence-electron chi connectivity index (χ3n) is 6.34. The first kappa shape index (κ1) is 28.9. The summed E-state index contributed by atoms with van der Waals surface area (Å²) in [5, 5.41) is 18.6. The largest absolute Gasteiger partial charge is 0.480 e. The first-order valence-electron chi connectivity index (χ1n) is 12.0. The van der Waals surface area contributed by atoms with E-state index >= 15 is 0 Å². The quantitative estimate of drug-likeness (QED) is 0.302. The molecule has 39 heavy (non-hydrogen) atoms. The number of halogens is 3. The number of rotatable bonds is 8. The Morgan fingerprint density at radius 3 is 2.49 bits per heavy atom. The molecule has 3 N–H and O–H groups in total. The summed E-state index contributed by atoms with van der Waals surface area (Å²) in [5.41, 5.74) is 0.770. The van der Waals surface area contributed by atoms with Crippen molar-refractivity contribution in [1.82, 2.24) is 15.5 Å². The van der Waals surface area contributed by atoms with Crippen molar-refractivity contribution in [3.8, 4) is 0 Å². The van der Waals surface area contributed by atoms with E-state index in [2.05, 4.69) is 10.6 Å². The van der Waals surface area contributed by atoms with Crippen LogP contribution >= 0.6 is 46.1 Å². The van der Waals surface area contributed by atoms with Gasteiger partial charge in [-0.05, 0) is 59.5 Å². The molecule has 1 atom stereocenters. The number of nitrogens with zero attached hydrogens (tertiary/aromatic N) is 1. The minimum Gasteiger partial charge on any atom is -0.480 e. The van der Waals surface area contributed by atoms with Crippen LogP contribution in [0.5, 0.6) is 0 Å². The number of carboxylic acids is 1. The zero-order chi connectivity index (χ0) is 28.1. The predicted molar refractivity (Wildman–Crippen MR) is 154 cm³/mol. The van der Waals surface area contributed by atoms with Gasteiger partial charge in [-0.25, -0.2) is 4.79 Å². The monoisotopic (exact) mass is 607 g/mol. The van der Waals surface area contributed by atoms with Gasteiger partial charge in [0.15, 0.2) is 0 Å². The zero-order valence-electron chi connectivity index (χ0n) is 20.5. The molecule has 3 aromatic rings. The lowest BCUT2D eigenvalue weighted by Gasteiger charge is -2.32. The molecule has 1 aromatic heterocycles. The summed E-state index contributed by atoms with van der Waals surface area (Å²) in [7, 11) is 0. The highest BCUT2D eigenvalue weighted by Gasteiger charge is 2.27. The highest BCUT2D eigenvalue weighted by atomic mass is 35.5. The van der Waals surface area contributed by atoms with Gasteiger partial charge in [-0.15, -0.1) is 11.3 Å². The van der Waals surface area contributed by atoms with Gasteiger partial charge in [0.1, 0.15) is 6.04 Å². The standard InChI is InChI=1S/C27H24Cl3N3O5S/c28-19-4-2-1-3-18(19)26(36)32-20(27(37)38)14-21(34)31-17-7-10-33(11-8-17)22(35)6-5-15-13-16-9-12-39-25(16)24(30)23(15)29/h1-6,9,12-13,17,20H,7-8,10-11,14H2,(H,31,34)(H,32,36)(H,37,38). The highest BCUT2D eigenvalue weighted by Crippen LogP contribution is 2.37. The third-order valence-corrected chi connectivity index (χ3v) is 8.61. The summed E-state index contributed by atoms with van der Waals surface area (Å²) < 4.78 is 0.895. The highest BCUT2D eigenvalue weighted by molar-refractivity contribution is 7.18.